The number of nitrogens with zero attached hydrogens (tertiary/aromatic N) is 1. The Morgan fingerprint density at radius 3 is 2.35 bits per heavy atom. The zero-order valence-electron chi connectivity index (χ0n) is 16.7. The molecule has 0 spiro atoms. The van der Waals surface area contributed by atoms with Gasteiger partial charge in [-0.05, 0) is 17.7 Å². The van der Waals surface area contributed by atoms with E-state index in [1.165, 1.54) is 0 Å². The molecule has 1 unspecified atom stereocenters. The summed E-state index contributed by atoms with van der Waals surface area (Å²) >= 11 is 0. The minimum Gasteiger partial charge on any atom is -0.387 e. The predicted molar refractivity (Wildman–Crippen MR) is 123 cm³/mol. The molecule has 5 nitrogen and oxygen atoms in total. The molecule has 0 bridgehead atoms. The lowest BCUT2D eigenvalue weighted by molar-refractivity contribution is 0.0911. The smallest absolute Gasteiger partial charge is 0.270 e. The Morgan fingerprint density at radius 1 is 0.903 bits per heavy atom. The lowest BCUT2D eigenvalue weighted by Gasteiger charge is -2.13. The van der Waals surface area contributed by atoms with Gasteiger partial charge in [0.15, 0.2) is 0 Å². The van der Waals surface area contributed by atoms with E-state index in [0.717, 1.165) is 38.6 Å². The van der Waals surface area contributed by atoms with E-state index in [2.05, 4.69) is 10.3 Å². The lowest BCUT2D eigenvalue weighted by atomic mass is 10.1. The highest BCUT2D eigenvalue weighted by molar-refractivity contribution is 6.13. The first-order valence-electron chi connectivity index (χ1n) is 10.2. The van der Waals surface area contributed by atoms with Gasteiger partial charge < -0.3 is 15.4 Å². The first-order valence-corrected chi connectivity index (χ1v) is 10.2. The number of aromatic amines is 1. The second kappa shape index (κ2) is 8.05. The number of hydrogen-bond acceptors (Lipinski definition) is 3. The highest BCUT2D eigenvalue weighted by Crippen LogP contribution is 2.32. The first-order chi connectivity index (χ1) is 15.2. The largest absolute Gasteiger partial charge is 0.387 e. The normalized spacial score (nSPS) is 12.2. The monoisotopic (exact) mass is 407 g/mol. The van der Waals surface area contributed by atoms with Gasteiger partial charge in [-0.2, -0.15) is 0 Å². The average molecular weight is 407 g/mol. The molecule has 3 aromatic carbocycles. The topological polar surface area (TPSA) is 78.0 Å². The highest BCUT2D eigenvalue weighted by atomic mass is 16.3. The number of aromatic nitrogens is 2. The predicted octanol–water partition coefficient (Wildman–Crippen LogP) is 4.85. The summed E-state index contributed by atoms with van der Waals surface area (Å²) in [6, 6.07) is 28.9. The van der Waals surface area contributed by atoms with Crippen molar-refractivity contribution in [2.24, 2.45) is 0 Å². The Kier molecular flexibility index (Phi) is 4.94. The van der Waals surface area contributed by atoms with E-state index in [4.69, 9.17) is 4.98 Å². The van der Waals surface area contributed by atoms with E-state index < -0.39 is 6.10 Å². The molecule has 5 aromatic rings. The van der Waals surface area contributed by atoms with Crippen molar-refractivity contribution in [3.8, 4) is 11.3 Å². The van der Waals surface area contributed by atoms with Gasteiger partial charge in [0.05, 0.1) is 17.3 Å². The number of H-pyrrole nitrogens is 1. The van der Waals surface area contributed by atoms with Gasteiger partial charge in [0.1, 0.15) is 5.69 Å². The number of rotatable bonds is 5. The van der Waals surface area contributed by atoms with Crippen LogP contribution >= 0.6 is 0 Å². The molecular formula is C26H21N3O2. The second-order valence-electron chi connectivity index (χ2n) is 7.45. The van der Waals surface area contributed by atoms with Crippen LogP contribution in [0.3, 0.4) is 0 Å². The van der Waals surface area contributed by atoms with Crippen LogP contribution in [0.5, 0.6) is 0 Å². The summed E-state index contributed by atoms with van der Waals surface area (Å²) in [5.41, 5.74) is 4.62. The lowest BCUT2D eigenvalue weighted by Crippen LogP contribution is -2.29. The van der Waals surface area contributed by atoms with Gasteiger partial charge in [0.2, 0.25) is 0 Å². The van der Waals surface area contributed by atoms with Gasteiger partial charge in [0, 0.05) is 28.4 Å². The number of carbonyl (C=O) groups is 1. The van der Waals surface area contributed by atoms with Crippen molar-refractivity contribution in [2.75, 3.05) is 6.54 Å². The third-order valence-electron chi connectivity index (χ3n) is 5.42. The van der Waals surface area contributed by atoms with Crippen LogP contribution in [-0.2, 0) is 0 Å². The van der Waals surface area contributed by atoms with Crippen molar-refractivity contribution in [3.05, 3.63) is 102 Å². The van der Waals surface area contributed by atoms with E-state index in [0.29, 0.717) is 5.69 Å². The molecule has 2 aromatic heterocycles. The molecule has 0 saturated carbocycles. The van der Waals surface area contributed by atoms with Crippen LogP contribution in [-0.4, -0.2) is 27.5 Å². The third kappa shape index (κ3) is 3.67. The molecule has 0 aliphatic heterocycles. The number of pyridine rings is 1. The fourth-order valence-electron chi connectivity index (χ4n) is 3.84. The summed E-state index contributed by atoms with van der Waals surface area (Å²) in [6.45, 7) is 0.108. The first kappa shape index (κ1) is 19.0. The number of nitrogens with one attached hydrogen (secondary N) is 2. The Balaban J connectivity index is 1.54. The fourth-order valence-corrected chi connectivity index (χ4v) is 3.84. The standard InChI is InChI=1S/C26H21N3O2/c30-23(17-9-3-1-4-10-17)16-27-26(31)22-15-20-19-13-7-8-14-21(19)28-25(20)24(29-22)18-11-5-2-6-12-18/h1-15,23,28,30H,16H2,(H,27,31). The van der Waals surface area contributed by atoms with E-state index in [9.17, 15) is 9.90 Å². The maximum atomic E-state index is 13.0. The molecule has 5 heteroatoms. The number of aliphatic hydroxyl groups is 1. The van der Waals surface area contributed by atoms with E-state index >= 15 is 0 Å². The van der Waals surface area contributed by atoms with Crippen molar-refractivity contribution in [1.82, 2.24) is 15.3 Å². The van der Waals surface area contributed by atoms with Crippen molar-refractivity contribution in [2.45, 2.75) is 6.10 Å². The van der Waals surface area contributed by atoms with Crippen LogP contribution in [0.1, 0.15) is 22.2 Å². The molecule has 1 atom stereocenters. The van der Waals surface area contributed by atoms with Crippen molar-refractivity contribution in [3.63, 3.8) is 0 Å². The summed E-state index contributed by atoms with van der Waals surface area (Å²) in [6.07, 6.45) is -0.782. The molecule has 5 rings (SSSR count). The zero-order chi connectivity index (χ0) is 21.2. The van der Waals surface area contributed by atoms with Crippen LogP contribution in [0.15, 0.2) is 91.0 Å². The maximum absolute atomic E-state index is 13.0. The number of benzene rings is 3. The number of amides is 1. The van der Waals surface area contributed by atoms with Crippen LogP contribution in [0.25, 0.3) is 33.1 Å². The molecule has 31 heavy (non-hydrogen) atoms. The van der Waals surface area contributed by atoms with Crippen LogP contribution in [0, 0.1) is 0 Å². The third-order valence-corrected chi connectivity index (χ3v) is 5.42. The van der Waals surface area contributed by atoms with Crippen molar-refractivity contribution in [1.29, 1.82) is 0 Å². The summed E-state index contributed by atoms with van der Waals surface area (Å²) in [5.74, 6) is -0.320. The Hall–Kier alpha value is -3.96. The molecule has 0 fully saturated rings. The Bertz CT molecular complexity index is 1360. The van der Waals surface area contributed by atoms with Gasteiger partial charge in [-0.3, -0.25) is 4.79 Å². The molecule has 0 saturated heterocycles. The number of para-hydroxylation sites is 1. The molecular weight excluding hydrogens is 386 g/mol. The zero-order valence-corrected chi connectivity index (χ0v) is 16.7. The summed E-state index contributed by atoms with van der Waals surface area (Å²) in [4.78, 5) is 21.1. The summed E-state index contributed by atoms with van der Waals surface area (Å²) in [5, 5.41) is 15.2. The Morgan fingerprint density at radius 2 is 1.58 bits per heavy atom. The molecule has 0 radical (unpaired) electrons. The van der Waals surface area contributed by atoms with Gasteiger partial charge in [-0.25, -0.2) is 4.98 Å². The molecule has 152 valence electrons. The minimum atomic E-state index is -0.782. The SMILES string of the molecule is O=C(NCC(O)c1ccccc1)c1cc2c([nH]c3ccccc32)c(-c2ccccc2)n1. The van der Waals surface area contributed by atoms with E-state index in [1.807, 2.05) is 91.0 Å². The van der Waals surface area contributed by atoms with Gasteiger partial charge in [-0.15, -0.1) is 0 Å². The molecule has 0 aliphatic carbocycles. The number of aliphatic hydroxyl groups excluding tert-OH is 1. The second-order valence-corrected chi connectivity index (χ2v) is 7.45. The molecule has 2 heterocycles. The summed E-state index contributed by atoms with van der Waals surface area (Å²) in [7, 11) is 0. The van der Waals surface area contributed by atoms with Gasteiger partial charge in [0.25, 0.3) is 5.91 Å². The van der Waals surface area contributed by atoms with Crippen LogP contribution in [0.2, 0.25) is 0 Å². The quantitative estimate of drug-likeness (QED) is 0.390. The number of hydrogen-bond donors (Lipinski definition) is 3. The molecule has 0 aliphatic rings. The highest BCUT2D eigenvalue weighted by Gasteiger charge is 2.18. The molecule has 1 amide bonds. The van der Waals surface area contributed by atoms with Crippen LogP contribution in [0.4, 0.5) is 0 Å². The average Bonchev–Trinajstić information content (AvgIpc) is 3.21. The number of fused-ring (bicyclic) bond motifs is 3. The van der Waals surface area contributed by atoms with Gasteiger partial charge in [-0.1, -0.05) is 78.9 Å². The Labute approximate surface area is 179 Å². The van der Waals surface area contributed by atoms with Crippen molar-refractivity contribution < 1.29 is 9.90 Å². The molecule has 3 N–H and O–H groups in total. The summed E-state index contributed by atoms with van der Waals surface area (Å²) < 4.78 is 0. The van der Waals surface area contributed by atoms with Crippen molar-refractivity contribution >= 4 is 27.7 Å². The van der Waals surface area contributed by atoms with E-state index in [1.54, 1.807) is 0 Å². The number of carbonyl (C=O) groups excluding carboxylic acids is 1. The van der Waals surface area contributed by atoms with Gasteiger partial charge >= 0.3 is 0 Å². The maximum Gasteiger partial charge on any atom is 0.270 e. The minimum absolute atomic E-state index is 0.108. The fraction of sp³-hybridized carbons (Fsp3) is 0.0769. The van der Waals surface area contributed by atoms with E-state index in [-0.39, 0.29) is 12.5 Å². The van der Waals surface area contributed by atoms with Crippen LogP contribution < -0.4 is 5.32 Å².